The van der Waals surface area contributed by atoms with Gasteiger partial charge in [-0.15, -0.1) is 11.3 Å². The molecule has 0 aromatic carbocycles. The van der Waals surface area contributed by atoms with Gasteiger partial charge in [0.25, 0.3) is 0 Å². The lowest BCUT2D eigenvalue weighted by Crippen LogP contribution is -2.01. The number of aliphatic hydroxyl groups is 1. The third-order valence-corrected chi connectivity index (χ3v) is 3.54. The van der Waals surface area contributed by atoms with Crippen molar-refractivity contribution in [1.82, 2.24) is 4.57 Å². The van der Waals surface area contributed by atoms with Gasteiger partial charge in [0.15, 0.2) is 12.1 Å². The Hall–Kier alpha value is -1.46. The van der Waals surface area contributed by atoms with Crippen molar-refractivity contribution < 1.29 is 14.7 Å². The SMILES string of the molecule is Cn1c(C=O)cc2cc(C(=O)CO)sc21. The van der Waals surface area contributed by atoms with Gasteiger partial charge in [-0.1, -0.05) is 0 Å². The molecule has 15 heavy (non-hydrogen) atoms. The van der Waals surface area contributed by atoms with Crippen LogP contribution in [-0.4, -0.2) is 28.3 Å². The van der Waals surface area contributed by atoms with Gasteiger partial charge in [0.05, 0.1) is 10.6 Å². The molecule has 4 nitrogen and oxygen atoms in total. The quantitative estimate of drug-likeness (QED) is 0.629. The molecule has 0 spiro atoms. The lowest BCUT2D eigenvalue weighted by atomic mass is 10.3. The first-order chi connectivity index (χ1) is 7.17. The number of carbonyl (C=O) groups is 2. The summed E-state index contributed by atoms with van der Waals surface area (Å²) < 4.78 is 1.74. The Balaban J connectivity index is 2.59. The van der Waals surface area contributed by atoms with E-state index in [0.717, 1.165) is 16.5 Å². The maximum Gasteiger partial charge on any atom is 0.198 e. The molecule has 0 aliphatic carbocycles. The molecule has 0 aliphatic heterocycles. The van der Waals surface area contributed by atoms with Gasteiger partial charge >= 0.3 is 0 Å². The average molecular weight is 223 g/mol. The largest absolute Gasteiger partial charge is 0.388 e. The standard InChI is InChI=1S/C10H9NO3S/c1-11-7(4-12)2-6-3-9(8(14)5-13)15-10(6)11/h2-4,13H,5H2,1H3. The van der Waals surface area contributed by atoms with Crippen molar-refractivity contribution in [3.63, 3.8) is 0 Å². The van der Waals surface area contributed by atoms with Crippen LogP contribution in [0.4, 0.5) is 0 Å². The summed E-state index contributed by atoms with van der Waals surface area (Å²) in [5.41, 5.74) is 0.583. The number of nitrogens with zero attached hydrogens (tertiary/aromatic N) is 1. The van der Waals surface area contributed by atoms with Crippen LogP contribution in [0.2, 0.25) is 0 Å². The number of aryl methyl sites for hydroxylation is 1. The fourth-order valence-corrected chi connectivity index (χ4v) is 2.51. The number of hydrogen-bond acceptors (Lipinski definition) is 4. The Morgan fingerprint density at radius 3 is 2.87 bits per heavy atom. The summed E-state index contributed by atoms with van der Waals surface area (Å²) in [5, 5.41) is 9.58. The van der Waals surface area contributed by atoms with Gasteiger partial charge in [-0.25, -0.2) is 0 Å². The first-order valence-corrected chi connectivity index (χ1v) is 5.17. The number of aliphatic hydroxyl groups excluding tert-OH is 1. The lowest BCUT2D eigenvalue weighted by Gasteiger charge is -1.94. The van der Waals surface area contributed by atoms with E-state index in [0.29, 0.717) is 10.6 Å². The molecule has 0 saturated heterocycles. The average Bonchev–Trinajstić information content (AvgIpc) is 2.77. The molecule has 5 heteroatoms. The molecule has 0 saturated carbocycles. The van der Waals surface area contributed by atoms with Crippen molar-refractivity contribution in [2.75, 3.05) is 6.61 Å². The van der Waals surface area contributed by atoms with Crippen LogP contribution in [0.25, 0.3) is 10.2 Å². The minimum absolute atomic E-state index is 0.288. The van der Waals surface area contributed by atoms with Crippen molar-refractivity contribution in [2.45, 2.75) is 0 Å². The highest BCUT2D eigenvalue weighted by Crippen LogP contribution is 2.27. The Labute approximate surface area is 89.7 Å². The predicted octanol–water partition coefficient (Wildman–Crippen LogP) is 1.23. The number of aromatic nitrogens is 1. The lowest BCUT2D eigenvalue weighted by molar-refractivity contribution is 0.0908. The maximum absolute atomic E-state index is 11.2. The van der Waals surface area contributed by atoms with Crippen molar-refractivity contribution in [2.24, 2.45) is 7.05 Å². The van der Waals surface area contributed by atoms with E-state index in [9.17, 15) is 9.59 Å². The van der Waals surface area contributed by atoms with Crippen molar-refractivity contribution >= 4 is 33.6 Å². The van der Waals surface area contributed by atoms with E-state index in [2.05, 4.69) is 0 Å². The highest BCUT2D eigenvalue weighted by atomic mass is 32.1. The van der Waals surface area contributed by atoms with Crippen molar-refractivity contribution in [3.05, 3.63) is 22.7 Å². The summed E-state index contributed by atoms with van der Waals surface area (Å²) in [6, 6.07) is 3.43. The van der Waals surface area contributed by atoms with Gasteiger partial charge in [-0.2, -0.15) is 0 Å². The van der Waals surface area contributed by atoms with Crippen LogP contribution in [0.1, 0.15) is 20.2 Å². The summed E-state index contributed by atoms with van der Waals surface area (Å²) in [6.45, 7) is -0.479. The fourth-order valence-electron chi connectivity index (χ4n) is 1.46. The molecule has 0 aliphatic rings. The molecule has 0 fully saturated rings. The second-order valence-corrected chi connectivity index (χ2v) is 4.23. The highest BCUT2D eigenvalue weighted by molar-refractivity contribution is 7.20. The second-order valence-electron chi connectivity index (χ2n) is 3.20. The van der Waals surface area contributed by atoms with Crippen LogP contribution in [-0.2, 0) is 7.05 Å². The zero-order valence-corrected chi connectivity index (χ0v) is 8.87. The molecular formula is C10H9NO3S. The molecule has 0 amide bonds. The van der Waals surface area contributed by atoms with Gasteiger partial charge in [-0.3, -0.25) is 9.59 Å². The van der Waals surface area contributed by atoms with Crippen molar-refractivity contribution in [3.8, 4) is 0 Å². The molecule has 0 bridgehead atoms. The van der Waals surface area contributed by atoms with Crippen LogP contribution in [0.15, 0.2) is 12.1 Å². The van der Waals surface area contributed by atoms with E-state index in [1.165, 1.54) is 11.3 Å². The number of fused-ring (bicyclic) bond motifs is 1. The zero-order chi connectivity index (χ0) is 11.0. The molecule has 0 radical (unpaired) electrons. The summed E-state index contributed by atoms with van der Waals surface area (Å²) in [4.78, 5) is 23.3. The van der Waals surface area contributed by atoms with Crippen LogP contribution < -0.4 is 0 Å². The maximum atomic E-state index is 11.2. The van der Waals surface area contributed by atoms with Crippen LogP contribution >= 0.6 is 11.3 Å². The Morgan fingerprint density at radius 2 is 2.33 bits per heavy atom. The highest BCUT2D eigenvalue weighted by Gasteiger charge is 2.13. The Kier molecular flexibility index (Phi) is 2.42. The number of hydrogen-bond donors (Lipinski definition) is 1. The van der Waals surface area contributed by atoms with E-state index in [4.69, 9.17) is 5.11 Å². The molecular weight excluding hydrogens is 214 g/mol. The van der Waals surface area contributed by atoms with Gasteiger partial charge in [0.1, 0.15) is 11.4 Å². The number of thiophene rings is 1. The topological polar surface area (TPSA) is 59.3 Å². The molecule has 1 N–H and O–H groups in total. The predicted molar refractivity (Wildman–Crippen MR) is 57.6 cm³/mol. The molecule has 0 unspecified atom stereocenters. The summed E-state index contributed by atoms with van der Waals surface area (Å²) >= 11 is 1.29. The minimum atomic E-state index is -0.479. The van der Waals surface area contributed by atoms with E-state index >= 15 is 0 Å². The molecule has 2 heterocycles. The smallest absolute Gasteiger partial charge is 0.198 e. The van der Waals surface area contributed by atoms with Crippen LogP contribution in [0, 0.1) is 0 Å². The monoisotopic (exact) mass is 223 g/mol. The van der Waals surface area contributed by atoms with Gasteiger partial charge in [0.2, 0.25) is 0 Å². The summed E-state index contributed by atoms with van der Waals surface area (Å²) in [6.07, 6.45) is 0.778. The van der Waals surface area contributed by atoms with E-state index < -0.39 is 6.61 Å². The van der Waals surface area contributed by atoms with Crippen molar-refractivity contribution in [1.29, 1.82) is 0 Å². The summed E-state index contributed by atoms with van der Waals surface area (Å²) in [5.74, 6) is -0.288. The van der Waals surface area contributed by atoms with Crippen LogP contribution in [0.5, 0.6) is 0 Å². The van der Waals surface area contributed by atoms with Crippen LogP contribution in [0.3, 0.4) is 0 Å². The third kappa shape index (κ3) is 1.49. The molecule has 78 valence electrons. The first-order valence-electron chi connectivity index (χ1n) is 4.36. The van der Waals surface area contributed by atoms with E-state index in [1.807, 2.05) is 0 Å². The molecule has 2 rings (SSSR count). The Bertz CT molecular complexity index is 538. The Morgan fingerprint density at radius 1 is 1.60 bits per heavy atom. The van der Waals surface area contributed by atoms with Gasteiger partial charge in [0, 0.05) is 12.4 Å². The number of ketones is 1. The molecule has 2 aromatic heterocycles. The normalized spacial score (nSPS) is 10.8. The molecule has 0 atom stereocenters. The minimum Gasteiger partial charge on any atom is -0.388 e. The molecule has 2 aromatic rings. The zero-order valence-electron chi connectivity index (χ0n) is 8.06. The van der Waals surface area contributed by atoms with Gasteiger partial charge in [-0.05, 0) is 12.1 Å². The fraction of sp³-hybridized carbons (Fsp3) is 0.200. The number of Topliss-reactive ketones (excluding diaryl/α,β-unsaturated/α-hetero) is 1. The number of carbonyl (C=O) groups excluding carboxylic acids is 2. The second kappa shape index (κ2) is 3.60. The van der Waals surface area contributed by atoms with E-state index in [-0.39, 0.29) is 5.78 Å². The summed E-state index contributed by atoms with van der Waals surface area (Å²) in [7, 11) is 1.77. The number of aldehydes is 1. The van der Waals surface area contributed by atoms with E-state index in [1.54, 1.807) is 23.7 Å². The first kappa shape index (κ1) is 10.1. The third-order valence-electron chi connectivity index (χ3n) is 2.27. The van der Waals surface area contributed by atoms with Gasteiger partial charge < -0.3 is 9.67 Å². The number of rotatable bonds is 3.